The Morgan fingerprint density at radius 1 is 1.03 bits per heavy atom. The fourth-order valence-electron chi connectivity index (χ4n) is 5.83. The Labute approximate surface area is 221 Å². The van der Waals surface area contributed by atoms with Crippen LogP contribution in [0.15, 0.2) is 48.5 Å². The quantitative estimate of drug-likeness (QED) is 0.444. The summed E-state index contributed by atoms with van der Waals surface area (Å²) in [5.74, 6) is 1.38. The minimum atomic E-state index is -1.13. The molecule has 202 valence electrons. The maximum absolute atomic E-state index is 13.3. The van der Waals surface area contributed by atoms with Gasteiger partial charge in [-0.3, -0.25) is 0 Å². The van der Waals surface area contributed by atoms with E-state index in [4.69, 9.17) is 15.2 Å². The number of rotatable bonds is 10. The standard InChI is InChI=1S/C30H43N3O4/c1-3-23-11-4-6-14-27(23)37-28-15-7-5-13-26(28)30(35,17-8-9-20-36-2)24-12-10-18-32(21-24)29(34)33-19-16-25(31)22-33/h4-7,11,13-15,24-25,35H,3,8-10,12,16-22,31H2,1-2H3/t24-,25+,30+/m1/s1. The minimum absolute atomic E-state index is 0.0424. The molecule has 2 aliphatic rings. The highest BCUT2D eigenvalue weighted by Gasteiger charge is 2.43. The van der Waals surface area contributed by atoms with Gasteiger partial charge < -0.3 is 30.1 Å². The third-order valence-electron chi connectivity index (χ3n) is 7.95. The van der Waals surface area contributed by atoms with E-state index in [0.717, 1.165) is 55.4 Å². The number of para-hydroxylation sites is 2. The van der Waals surface area contributed by atoms with Crippen molar-refractivity contribution in [3.8, 4) is 11.5 Å². The molecule has 4 rings (SSSR count). The lowest BCUT2D eigenvalue weighted by Gasteiger charge is -2.44. The normalized spacial score (nSPS) is 21.6. The van der Waals surface area contributed by atoms with Gasteiger partial charge in [-0.1, -0.05) is 43.3 Å². The van der Waals surface area contributed by atoms with Crippen molar-refractivity contribution < 1.29 is 19.4 Å². The monoisotopic (exact) mass is 509 g/mol. The highest BCUT2D eigenvalue weighted by Crippen LogP contribution is 2.44. The molecule has 0 bridgehead atoms. The van der Waals surface area contributed by atoms with Crippen molar-refractivity contribution in [1.82, 2.24) is 9.80 Å². The molecule has 0 spiro atoms. The molecule has 3 N–H and O–H groups in total. The van der Waals surface area contributed by atoms with Gasteiger partial charge in [0, 0.05) is 57.4 Å². The maximum atomic E-state index is 13.3. The van der Waals surface area contributed by atoms with Crippen molar-refractivity contribution in [2.45, 2.75) is 63.5 Å². The number of aliphatic hydroxyl groups is 1. The van der Waals surface area contributed by atoms with Crippen LogP contribution in [-0.4, -0.2) is 66.9 Å². The molecule has 0 unspecified atom stereocenters. The van der Waals surface area contributed by atoms with E-state index in [1.807, 2.05) is 52.3 Å². The smallest absolute Gasteiger partial charge is 0.320 e. The van der Waals surface area contributed by atoms with Gasteiger partial charge in [-0.05, 0) is 62.6 Å². The van der Waals surface area contributed by atoms with Crippen LogP contribution in [0.2, 0.25) is 0 Å². The number of carbonyl (C=O) groups is 1. The number of ether oxygens (including phenoxy) is 2. The van der Waals surface area contributed by atoms with Gasteiger partial charge >= 0.3 is 6.03 Å². The fraction of sp³-hybridized carbons (Fsp3) is 0.567. The highest BCUT2D eigenvalue weighted by molar-refractivity contribution is 5.75. The third-order valence-corrected chi connectivity index (χ3v) is 7.95. The first-order valence-electron chi connectivity index (χ1n) is 13.8. The molecule has 2 aromatic carbocycles. The van der Waals surface area contributed by atoms with Gasteiger partial charge in [-0.15, -0.1) is 0 Å². The number of aryl methyl sites for hydroxylation is 1. The molecule has 0 saturated carbocycles. The number of piperidine rings is 1. The van der Waals surface area contributed by atoms with E-state index < -0.39 is 5.60 Å². The molecule has 2 aromatic rings. The lowest BCUT2D eigenvalue weighted by atomic mass is 9.73. The molecule has 2 saturated heterocycles. The zero-order chi connectivity index (χ0) is 26.3. The van der Waals surface area contributed by atoms with Gasteiger partial charge in [-0.25, -0.2) is 4.79 Å². The number of likely N-dealkylation sites (tertiary alicyclic amines) is 2. The summed E-state index contributed by atoms with van der Waals surface area (Å²) in [6, 6.07) is 16.0. The van der Waals surface area contributed by atoms with Crippen LogP contribution in [0.5, 0.6) is 11.5 Å². The van der Waals surface area contributed by atoms with Crippen LogP contribution in [0.1, 0.15) is 56.6 Å². The lowest BCUT2D eigenvalue weighted by Crippen LogP contribution is -2.51. The first-order valence-corrected chi connectivity index (χ1v) is 13.8. The molecule has 7 heteroatoms. The molecule has 3 atom stereocenters. The van der Waals surface area contributed by atoms with Crippen LogP contribution in [0, 0.1) is 5.92 Å². The van der Waals surface area contributed by atoms with Gasteiger partial charge in [0.15, 0.2) is 0 Å². The van der Waals surface area contributed by atoms with Crippen molar-refractivity contribution in [3.63, 3.8) is 0 Å². The highest BCUT2D eigenvalue weighted by atomic mass is 16.5. The molecule has 7 nitrogen and oxygen atoms in total. The van der Waals surface area contributed by atoms with E-state index in [0.29, 0.717) is 45.0 Å². The van der Waals surface area contributed by atoms with E-state index in [1.165, 1.54) is 0 Å². The van der Waals surface area contributed by atoms with Gasteiger partial charge in [-0.2, -0.15) is 0 Å². The largest absolute Gasteiger partial charge is 0.457 e. The fourth-order valence-corrected chi connectivity index (χ4v) is 5.83. The second kappa shape index (κ2) is 12.8. The van der Waals surface area contributed by atoms with E-state index in [-0.39, 0.29) is 18.0 Å². The zero-order valence-electron chi connectivity index (χ0n) is 22.4. The number of amides is 2. The molecule has 2 aliphatic heterocycles. The third kappa shape index (κ3) is 6.46. The number of hydrogen-bond acceptors (Lipinski definition) is 5. The Morgan fingerprint density at radius 2 is 1.76 bits per heavy atom. The zero-order valence-corrected chi connectivity index (χ0v) is 22.4. The summed E-state index contributed by atoms with van der Waals surface area (Å²) < 4.78 is 11.8. The molecule has 37 heavy (non-hydrogen) atoms. The predicted molar refractivity (Wildman–Crippen MR) is 146 cm³/mol. The van der Waals surface area contributed by atoms with Crippen LogP contribution in [0.25, 0.3) is 0 Å². The van der Waals surface area contributed by atoms with E-state index in [9.17, 15) is 9.90 Å². The minimum Gasteiger partial charge on any atom is -0.457 e. The molecule has 0 aliphatic carbocycles. The van der Waals surface area contributed by atoms with Crippen molar-refractivity contribution in [1.29, 1.82) is 0 Å². The number of carbonyl (C=O) groups excluding carboxylic acids is 1. The number of nitrogens with zero attached hydrogens (tertiary/aromatic N) is 2. The number of unbranched alkanes of at least 4 members (excludes halogenated alkanes) is 1. The SMILES string of the molecule is CCc1ccccc1Oc1ccccc1[C@](O)(CCCCOC)[C@@H]1CCCN(C(=O)N2CC[C@H](N)C2)C1. The Bertz CT molecular complexity index is 1030. The summed E-state index contributed by atoms with van der Waals surface area (Å²) in [7, 11) is 1.70. The summed E-state index contributed by atoms with van der Waals surface area (Å²) in [6.45, 7) is 5.31. The number of benzene rings is 2. The topological polar surface area (TPSA) is 88.3 Å². The average molecular weight is 510 g/mol. The van der Waals surface area contributed by atoms with Crippen molar-refractivity contribution in [2.24, 2.45) is 11.7 Å². The number of hydrogen-bond donors (Lipinski definition) is 2. The molecular weight excluding hydrogens is 466 g/mol. The van der Waals surface area contributed by atoms with Crippen LogP contribution in [-0.2, 0) is 16.8 Å². The Hall–Kier alpha value is -2.61. The molecule has 2 amide bonds. The van der Waals surface area contributed by atoms with Crippen LogP contribution in [0.3, 0.4) is 0 Å². The summed E-state index contributed by atoms with van der Waals surface area (Å²) in [4.78, 5) is 17.1. The first-order chi connectivity index (χ1) is 18.0. The Balaban J connectivity index is 1.62. The Morgan fingerprint density at radius 3 is 2.49 bits per heavy atom. The second-order valence-electron chi connectivity index (χ2n) is 10.5. The summed E-state index contributed by atoms with van der Waals surface area (Å²) in [5, 5.41) is 12.5. The number of urea groups is 1. The molecular formula is C30H43N3O4. The molecule has 0 radical (unpaired) electrons. The van der Waals surface area contributed by atoms with Gasteiger partial charge in [0.25, 0.3) is 0 Å². The molecule has 2 heterocycles. The Kier molecular flexibility index (Phi) is 9.46. The first kappa shape index (κ1) is 27.4. The van der Waals surface area contributed by atoms with Gasteiger partial charge in [0.2, 0.25) is 0 Å². The summed E-state index contributed by atoms with van der Waals surface area (Å²) in [5.41, 5.74) is 6.85. The van der Waals surface area contributed by atoms with E-state index in [1.54, 1.807) is 7.11 Å². The lowest BCUT2D eigenvalue weighted by molar-refractivity contribution is -0.0586. The molecule has 0 aromatic heterocycles. The second-order valence-corrected chi connectivity index (χ2v) is 10.5. The number of nitrogens with two attached hydrogens (primary N) is 1. The van der Waals surface area contributed by atoms with Crippen molar-refractivity contribution >= 4 is 6.03 Å². The summed E-state index contributed by atoms with van der Waals surface area (Å²) >= 11 is 0. The van der Waals surface area contributed by atoms with Crippen molar-refractivity contribution in [2.75, 3.05) is 39.9 Å². The number of methoxy groups -OCH3 is 1. The van der Waals surface area contributed by atoms with Crippen molar-refractivity contribution in [3.05, 3.63) is 59.7 Å². The van der Waals surface area contributed by atoms with Gasteiger partial charge in [0.05, 0.1) is 5.60 Å². The maximum Gasteiger partial charge on any atom is 0.320 e. The predicted octanol–water partition coefficient (Wildman–Crippen LogP) is 4.91. The average Bonchev–Trinajstić information content (AvgIpc) is 3.37. The van der Waals surface area contributed by atoms with E-state index >= 15 is 0 Å². The van der Waals surface area contributed by atoms with E-state index in [2.05, 4.69) is 13.0 Å². The van der Waals surface area contributed by atoms with Crippen LogP contribution in [0.4, 0.5) is 4.79 Å². The van der Waals surface area contributed by atoms with Crippen LogP contribution < -0.4 is 10.5 Å². The van der Waals surface area contributed by atoms with Gasteiger partial charge in [0.1, 0.15) is 11.5 Å². The molecule has 2 fully saturated rings. The van der Waals surface area contributed by atoms with Crippen LogP contribution >= 0.6 is 0 Å². The summed E-state index contributed by atoms with van der Waals surface area (Å²) in [6.07, 6.45) is 5.67.